The summed E-state index contributed by atoms with van der Waals surface area (Å²) in [4.78, 5) is 38.3. The number of allylic oxidation sites excluding steroid dienone is 1. The maximum absolute atomic E-state index is 12.9. The Hall–Kier alpha value is -2.23. The van der Waals surface area contributed by atoms with E-state index in [1.807, 2.05) is 13.0 Å². The number of Topliss-reactive ketones (excluding diaryl/α,β-unsaturated/α-hetero) is 3. The molecule has 0 aromatic heterocycles. The van der Waals surface area contributed by atoms with Crippen LogP contribution in [-0.4, -0.2) is 24.0 Å². The molecule has 4 heteroatoms. The van der Waals surface area contributed by atoms with Gasteiger partial charge in [-0.05, 0) is 23.5 Å². The van der Waals surface area contributed by atoms with Crippen molar-refractivity contribution >= 4 is 17.3 Å². The molecule has 0 radical (unpaired) electrons. The lowest BCUT2D eigenvalue weighted by Gasteiger charge is -2.34. The summed E-state index contributed by atoms with van der Waals surface area (Å²) < 4.78 is 5.48. The van der Waals surface area contributed by atoms with Gasteiger partial charge in [-0.15, -0.1) is 0 Å². The third-order valence-corrected chi connectivity index (χ3v) is 5.33. The molecule has 0 bridgehead atoms. The highest BCUT2D eigenvalue weighted by Gasteiger charge is 2.44. The molecule has 0 fully saturated rings. The normalized spacial score (nSPS) is 25.0. The van der Waals surface area contributed by atoms with Crippen molar-refractivity contribution in [2.45, 2.75) is 39.0 Å². The second-order valence-corrected chi connectivity index (χ2v) is 7.33. The third kappa shape index (κ3) is 1.75. The van der Waals surface area contributed by atoms with Crippen LogP contribution in [0.4, 0.5) is 0 Å². The summed E-state index contributed by atoms with van der Waals surface area (Å²) in [6.07, 6.45) is 1.16. The molecule has 1 heterocycles. The van der Waals surface area contributed by atoms with E-state index in [-0.39, 0.29) is 40.0 Å². The van der Waals surface area contributed by atoms with Crippen molar-refractivity contribution in [1.29, 1.82) is 0 Å². The average Bonchev–Trinajstić information content (AvgIpc) is 2.90. The van der Waals surface area contributed by atoms with Gasteiger partial charge >= 0.3 is 0 Å². The lowest BCUT2D eigenvalue weighted by molar-refractivity contribution is 0.0895. The summed E-state index contributed by atoms with van der Waals surface area (Å²) in [5.74, 6) is -0.454. The predicted octanol–water partition coefficient (Wildman–Crippen LogP) is 3.24. The van der Waals surface area contributed by atoms with Crippen LogP contribution in [0.5, 0.6) is 0 Å². The number of hydrogen-bond acceptors (Lipinski definition) is 4. The van der Waals surface area contributed by atoms with Crippen LogP contribution in [0.3, 0.4) is 0 Å². The van der Waals surface area contributed by atoms with Gasteiger partial charge in [-0.2, -0.15) is 0 Å². The van der Waals surface area contributed by atoms with Gasteiger partial charge in [-0.25, -0.2) is 0 Å². The molecular formula is C19H18O4. The molecule has 4 rings (SSSR count). The molecule has 1 aromatic rings. The van der Waals surface area contributed by atoms with Crippen LogP contribution in [0.25, 0.3) is 0 Å². The van der Waals surface area contributed by atoms with E-state index in [9.17, 15) is 14.4 Å². The summed E-state index contributed by atoms with van der Waals surface area (Å²) in [7, 11) is 0. The van der Waals surface area contributed by atoms with Crippen molar-refractivity contribution in [1.82, 2.24) is 0 Å². The van der Waals surface area contributed by atoms with Crippen LogP contribution in [0.2, 0.25) is 0 Å². The minimum atomic E-state index is -0.304. The highest BCUT2D eigenvalue weighted by atomic mass is 16.5. The topological polar surface area (TPSA) is 60.4 Å². The highest BCUT2D eigenvalue weighted by molar-refractivity contribution is 6.29. The summed E-state index contributed by atoms with van der Waals surface area (Å²) in [6.45, 7) is 6.36. The van der Waals surface area contributed by atoms with Crippen molar-refractivity contribution in [3.8, 4) is 0 Å². The Morgan fingerprint density at radius 3 is 2.57 bits per heavy atom. The first kappa shape index (κ1) is 14.4. The number of benzene rings is 1. The van der Waals surface area contributed by atoms with Crippen LogP contribution < -0.4 is 0 Å². The van der Waals surface area contributed by atoms with E-state index in [1.165, 1.54) is 0 Å². The molecule has 0 unspecified atom stereocenters. The lowest BCUT2D eigenvalue weighted by atomic mass is 9.68. The molecule has 2 aliphatic carbocycles. The van der Waals surface area contributed by atoms with Crippen molar-refractivity contribution in [3.63, 3.8) is 0 Å². The van der Waals surface area contributed by atoms with Crippen molar-refractivity contribution in [3.05, 3.63) is 45.7 Å². The smallest absolute Gasteiger partial charge is 0.229 e. The van der Waals surface area contributed by atoms with Crippen LogP contribution in [0, 0.1) is 5.92 Å². The first-order valence-electron chi connectivity index (χ1n) is 8.00. The van der Waals surface area contributed by atoms with Gasteiger partial charge in [0.1, 0.15) is 0 Å². The van der Waals surface area contributed by atoms with E-state index in [2.05, 4.69) is 13.8 Å². The molecule has 0 N–H and O–H groups in total. The van der Waals surface area contributed by atoms with Crippen molar-refractivity contribution in [2.75, 3.05) is 6.61 Å². The zero-order chi connectivity index (χ0) is 16.5. The molecule has 4 nitrogen and oxygen atoms in total. The summed E-state index contributed by atoms with van der Waals surface area (Å²) >= 11 is 0. The maximum Gasteiger partial charge on any atom is 0.229 e. The van der Waals surface area contributed by atoms with Gasteiger partial charge in [0.15, 0.2) is 17.3 Å². The zero-order valence-electron chi connectivity index (χ0n) is 13.5. The third-order valence-electron chi connectivity index (χ3n) is 5.33. The molecule has 0 saturated heterocycles. The molecule has 1 aromatic carbocycles. The Balaban J connectivity index is 2.02. The molecule has 23 heavy (non-hydrogen) atoms. The van der Waals surface area contributed by atoms with E-state index in [4.69, 9.17) is 4.74 Å². The van der Waals surface area contributed by atoms with Crippen molar-refractivity contribution < 1.29 is 19.1 Å². The minimum Gasteiger partial charge on any atom is -0.488 e. The number of ketones is 3. The Morgan fingerprint density at radius 1 is 1.09 bits per heavy atom. The van der Waals surface area contributed by atoms with Gasteiger partial charge in [0.05, 0.1) is 12.2 Å². The van der Waals surface area contributed by atoms with Gasteiger partial charge in [-0.3, -0.25) is 14.4 Å². The number of hydrogen-bond donors (Lipinski definition) is 0. The average molecular weight is 310 g/mol. The summed E-state index contributed by atoms with van der Waals surface area (Å²) in [5.41, 5.74) is 2.20. The second-order valence-electron chi connectivity index (χ2n) is 7.33. The van der Waals surface area contributed by atoms with Gasteiger partial charge in [0.25, 0.3) is 0 Å². The van der Waals surface area contributed by atoms with E-state index in [0.29, 0.717) is 29.7 Å². The molecule has 0 amide bonds. The van der Waals surface area contributed by atoms with E-state index >= 15 is 0 Å². The number of ether oxygens (including phenoxy) is 1. The van der Waals surface area contributed by atoms with Crippen LogP contribution in [0.1, 0.15) is 70.3 Å². The SMILES string of the molecule is C[C@@H]1COC2=C1C(=O)c1ccc3c(c1C2=O)C(=O)CCC3(C)C. The highest BCUT2D eigenvalue weighted by Crippen LogP contribution is 2.43. The number of rotatable bonds is 0. The van der Waals surface area contributed by atoms with Crippen molar-refractivity contribution in [2.24, 2.45) is 5.92 Å². The summed E-state index contributed by atoms with van der Waals surface area (Å²) in [5, 5.41) is 0. The Kier molecular flexibility index (Phi) is 2.75. The fourth-order valence-corrected chi connectivity index (χ4v) is 3.93. The van der Waals surface area contributed by atoms with Gasteiger partial charge < -0.3 is 4.74 Å². The van der Waals surface area contributed by atoms with Gasteiger partial charge in [-0.1, -0.05) is 26.8 Å². The quantitative estimate of drug-likeness (QED) is 0.738. The predicted molar refractivity (Wildman–Crippen MR) is 83.8 cm³/mol. The van der Waals surface area contributed by atoms with Crippen LogP contribution >= 0.6 is 0 Å². The van der Waals surface area contributed by atoms with E-state index < -0.39 is 0 Å². The van der Waals surface area contributed by atoms with Gasteiger partial charge in [0.2, 0.25) is 5.78 Å². The molecule has 1 aliphatic heterocycles. The first-order chi connectivity index (χ1) is 10.8. The Labute approximate surface area is 134 Å². The number of carbonyl (C=O) groups is 3. The second kappa shape index (κ2) is 4.40. The molecule has 3 aliphatic rings. The maximum atomic E-state index is 12.9. The molecule has 0 spiro atoms. The monoisotopic (exact) mass is 310 g/mol. The number of fused-ring (bicyclic) bond motifs is 3. The molecular weight excluding hydrogens is 292 g/mol. The largest absolute Gasteiger partial charge is 0.488 e. The number of carbonyl (C=O) groups excluding carboxylic acids is 3. The minimum absolute atomic E-state index is 0.0487. The fourth-order valence-electron chi connectivity index (χ4n) is 3.93. The zero-order valence-corrected chi connectivity index (χ0v) is 13.5. The van der Waals surface area contributed by atoms with Crippen LogP contribution in [-0.2, 0) is 10.2 Å². The molecule has 118 valence electrons. The fraction of sp³-hybridized carbons (Fsp3) is 0.421. The van der Waals surface area contributed by atoms with Crippen LogP contribution in [0.15, 0.2) is 23.5 Å². The lowest BCUT2D eigenvalue weighted by Crippen LogP contribution is -2.32. The Morgan fingerprint density at radius 2 is 1.83 bits per heavy atom. The molecule has 0 saturated carbocycles. The van der Waals surface area contributed by atoms with Gasteiger partial charge in [0, 0.05) is 29.0 Å². The molecule has 1 atom stereocenters. The standard InChI is InChI=1S/C19H18O4/c1-9-8-23-18-13(9)16(21)10-4-5-11-15(14(10)17(18)22)12(20)6-7-19(11,2)3/h4-5,9H,6-8H2,1-3H3/t9-/m1/s1. The Bertz CT molecular complexity index is 826. The van der Waals surface area contributed by atoms with E-state index in [0.717, 1.165) is 12.0 Å². The van der Waals surface area contributed by atoms with E-state index in [1.54, 1.807) is 6.07 Å². The first-order valence-corrected chi connectivity index (χ1v) is 8.00. The summed E-state index contributed by atoms with van der Waals surface area (Å²) in [6, 6.07) is 3.56.